The van der Waals surface area contributed by atoms with E-state index in [2.05, 4.69) is 0 Å². The fourth-order valence-corrected chi connectivity index (χ4v) is 2.04. The summed E-state index contributed by atoms with van der Waals surface area (Å²) in [4.78, 5) is 0. The highest BCUT2D eigenvalue weighted by molar-refractivity contribution is 5.37. The van der Waals surface area contributed by atoms with E-state index in [4.69, 9.17) is 10.00 Å². The molecule has 2 aromatic rings. The normalized spacial score (nSPS) is 11.7. The maximum atomic E-state index is 13.9. The first-order valence-electron chi connectivity index (χ1n) is 6.74. The number of nitriles is 1. The zero-order valence-corrected chi connectivity index (χ0v) is 11.7. The van der Waals surface area contributed by atoms with E-state index < -0.39 is 11.9 Å². The van der Waals surface area contributed by atoms with Gasteiger partial charge in [-0.25, -0.2) is 4.39 Å². The zero-order chi connectivity index (χ0) is 15.2. The van der Waals surface area contributed by atoms with Gasteiger partial charge in [-0.2, -0.15) is 5.26 Å². The van der Waals surface area contributed by atoms with E-state index in [1.54, 1.807) is 36.4 Å². The number of aliphatic hydroxyl groups excluding tert-OH is 1. The van der Waals surface area contributed by atoms with E-state index >= 15 is 0 Å². The fraction of sp³-hybridized carbons (Fsp3) is 0.235. The lowest BCUT2D eigenvalue weighted by Crippen LogP contribution is -2.04. The molecule has 4 heteroatoms. The number of hydrogen-bond donors (Lipinski definition) is 1. The van der Waals surface area contributed by atoms with Crippen LogP contribution in [0.3, 0.4) is 0 Å². The van der Waals surface area contributed by atoms with Crippen LogP contribution in [0.2, 0.25) is 0 Å². The Balaban J connectivity index is 2.20. The van der Waals surface area contributed by atoms with Crippen LogP contribution in [0.25, 0.3) is 0 Å². The van der Waals surface area contributed by atoms with Gasteiger partial charge in [-0.3, -0.25) is 0 Å². The average molecular weight is 285 g/mol. The van der Waals surface area contributed by atoms with Gasteiger partial charge in [0.05, 0.1) is 11.7 Å². The molecule has 0 aromatic heterocycles. The van der Waals surface area contributed by atoms with Crippen LogP contribution in [0.4, 0.5) is 4.39 Å². The molecule has 0 saturated heterocycles. The number of nitrogens with zero attached hydrogens (tertiary/aromatic N) is 1. The van der Waals surface area contributed by atoms with E-state index in [0.29, 0.717) is 23.3 Å². The third-order valence-electron chi connectivity index (χ3n) is 3.25. The number of aliphatic hydroxyl groups is 1. The third-order valence-corrected chi connectivity index (χ3v) is 3.25. The lowest BCUT2D eigenvalue weighted by molar-refractivity contribution is 0.166. The fourth-order valence-electron chi connectivity index (χ4n) is 2.04. The molecule has 108 valence electrons. The number of halogens is 1. The minimum atomic E-state index is -0.614. The van der Waals surface area contributed by atoms with E-state index in [0.717, 1.165) is 0 Å². The summed E-state index contributed by atoms with van der Waals surface area (Å²) >= 11 is 0. The van der Waals surface area contributed by atoms with E-state index in [9.17, 15) is 9.50 Å². The molecule has 0 heterocycles. The Morgan fingerprint density at radius 1 is 1.24 bits per heavy atom. The van der Waals surface area contributed by atoms with Gasteiger partial charge in [-0.05, 0) is 18.6 Å². The molecule has 21 heavy (non-hydrogen) atoms. The molecular weight excluding hydrogens is 269 g/mol. The average Bonchev–Trinajstić information content (AvgIpc) is 2.53. The molecule has 0 unspecified atom stereocenters. The largest absolute Gasteiger partial charge is 0.488 e. The first kappa shape index (κ1) is 15.0. The summed E-state index contributed by atoms with van der Waals surface area (Å²) in [7, 11) is 0. The molecular formula is C17H16FNO2. The van der Waals surface area contributed by atoms with E-state index in [1.165, 1.54) is 6.07 Å². The molecule has 0 saturated carbocycles. The molecule has 2 aromatic carbocycles. The van der Waals surface area contributed by atoms with Gasteiger partial charge in [0.25, 0.3) is 0 Å². The number of ether oxygens (including phenoxy) is 1. The zero-order valence-electron chi connectivity index (χ0n) is 11.7. The minimum Gasteiger partial charge on any atom is -0.488 e. The minimum absolute atomic E-state index is 0.00187. The summed E-state index contributed by atoms with van der Waals surface area (Å²) in [6.07, 6.45) is -0.0463. The summed E-state index contributed by atoms with van der Waals surface area (Å²) in [6.45, 7) is 1.88. The molecule has 3 nitrogen and oxygen atoms in total. The second-order valence-electron chi connectivity index (χ2n) is 4.64. The van der Waals surface area contributed by atoms with Gasteiger partial charge in [0.1, 0.15) is 24.2 Å². The van der Waals surface area contributed by atoms with E-state index in [1.807, 2.05) is 13.0 Å². The van der Waals surface area contributed by atoms with Crippen molar-refractivity contribution < 1.29 is 14.2 Å². The highest BCUT2D eigenvalue weighted by atomic mass is 19.1. The van der Waals surface area contributed by atoms with Crippen molar-refractivity contribution in [2.45, 2.75) is 26.1 Å². The Bertz CT molecular complexity index is 664. The Morgan fingerprint density at radius 2 is 2.00 bits per heavy atom. The lowest BCUT2D eigenvalue weighted by atomic mass is 10.1. The van der Waals surface area contributed by atoms with Crippen molar-refractivity contribution in [3.8, 4) is 11.8 Å². The Morgan fingerprint density at radius 3 is 2.71 bits per heavy atom. The van der Waals surface area contributed by atoms with Crippen LogP contribution in [-0.2, 0) is 6.61 Å². The summed E-state index contributed by atoms with van der Waals surface area (Å²) in [6, 6.07) is 13.6. The van der Waals surface area contributed by atoms with Crippen molar-refractivity contribution in [2.75, 3.05) is 0 Å². The second-order valence-corrected chi connectivity index (χ2v) is 4.64. The molecule has 2 rings (SSSR count). The summed E-state index contributed by atoms with van der Waals surface area (Å²) in [5, 5.41) is 18.8. The highest BCUT2D eigenvalue weighted by Gasteiger charge is 2.13. The van der Waals surface area contributed by atoms with Crippen molar-refractivity contribution in [1.82, 2.24) is 0 Å². The predicted molar refractivity (Wildman–Crippen MR) is 77.1 cm³/mol. The van der Waals surface area contributed by atoms with Crippen molar-refractivity contribution in [2.24, 2.45) is 0 Å². The second kappa shape index (κ2) is 6.87. The molecule has 0 aliphatic rings. The lowest BCUT2D eigenvalue weighted by Gasteiger charge is -2.15. The van der Waals surface area contributed by atoms with Crippen molar-refractivity contribution in [3.63, 3.8) is 0 Å². The molecule has 0 aliphatic carbocycles. The van der Waals surface area contributed by atoms with Gasteiger partial charge >= 0.3 is 0 Å². The molecule has 0 bridgehead atoms. The number of para-hydroxylation sites is 1. The Kier molecular flexibility index (Phi) is 4.91. The number of rotatable bonds is 5. The van der Waals surface area contributed by atoms with E-state index in [-0.39, 0.29) is 12.2 Å². The van der Waals surface area contributed by atoms with Crippen LogP contribution in [0.15, 0.2) is 42.5 Å². The third kappa shape index (κ3) is 3.39. The topological polar surface area (TPSA) is 53.2 Å². The quantitative estimate of drug-likeness (QED) is 0.911. The van der Waals surface area contributed by atoms with Crippen LogP contribution in [0, 0.1) is 17.1 Å². The van der Waals surface area contributed by atoms with Crippen LogP contribution < -0.4 is 4.74 Å². The number of benzene rings is 2. The predicted octanol–water partition coefficient (Wildman–Crippen LogP) is 3.72. The molecule has 0 amide bonds. The summed E-state index contributed by atoms with van der Waals surface area (Å²) < 4.78 is 19.6. The summed E-state index contributed by atoms with van der Waals surface area (Å²) in [5.41, 5.74) is 0.990. The van der Waals surface area contributed by atoms with Gasteiger partial charge in [-0.15, -0.1) is 0 Å². The van der Waals surface area contributed by atoms with Gasteiger partial charge in [0, 0.05) is 11.1 Å². The smallest absolute Gasteiger partial charge is 0.147 e. The Hall–Kier alpha value is -2.38. The SMILES string of the molecule is CC[C@@H](O)c1ccccc1OCc1cccc(C#N)c1F. The molecule has 0 aliphatic heterocycles. The van der Waals surface area contributed by atoms with Gasteiger partial charge < -0.3 is 9.84 Å². The van der Waals surface area contributed by atoms with Crippen molar-refractivity contribution in [1.29, 1.82) is 5.26 Å². The first-order valence-corrected chi connectivity index (χ1v) is 6.74. The van der Waals surface area contributed by atoms with Crippen LogP contribution in [0.5, 0.6) is 5.75 Å². The van der Waals surface area contributed by atoms with Crippen LogP contribution >= 0.6 is 0 Å². The summed E-state index contributed by atoms with van der Waals surface area (Å²) in [5.74, 6) is -0.0397. The standard InChI is InChI=1S/C17H16FNO2/c1-2-15(20)14-8-3-4-9-16(14)21-11-13-7-5-6-12(10-19)17(13)18/h3-9,15,20H,2,11H2,1H3/t15-/m1/s1. The van der Waals surface area contributed by atoms with Gasteiger partial charge in [-0.1, -0.05) is 37.3 Å². The molecule has 0 fully saturated rings. The Labute approximate surface area is 123 Å². The molecule has 1 N–H and O–H groups in total. The molecule has 0 spiro atoms. The monoisotopic (exact) mass is 285 g/mol. The van der Waals surface area contributed by atoms with Crippen LogP contribution in [-0.4, -0.2) is 5.11 Å². The van der Waals surface area contributed by atoms with Crippen LogP contribution in [0.1, 0.15) is 36.1 Å². The van der Waals surface area contributed by atoms with Crippen molar-refractivity contribution >= 4 is 0 Å². The maximum Gasteiger partial charge on any atom is 0.147 e. The van der Waals surface area contributed by atoms with Gasteiger partial charge in [0.15, 0.2) is 0 Å². The van der Waals surface area contributed by atoms with Crippen molar-refractivity contribution in [3.05, 3.63) is 65.0 Å². The van der Waals surface area contributed by atoms with Gasteiger partial charge in [0.2, 0.25) is 0 Å². The molecule has 1 atom stereocenters. The number of hydrogen-bond acceptors (Lipinski definition) is 3. The highest BCUT2D eigenvalue weighted by Crippen LogP contribution is 2.27. The first-order chi connectivity index (χ1) is 10.2. The molecule has 0 radical (unpaired) electrons. The maximum absolute atomic E-state index is 13.9.